The largest absolute Gasteiger partial charge is 0.478 e. The first-order valence-corrected chi connectivity index (χ1v) is 9.97. The van der Waals surface area contributed by atoms with Crippen LogP contribution < -0.4 is 4.90 Å². The highest BCUT2D eigenvalue weighted by Gasteiger charge is 2.17. The molecule has 0 radical (unpaired) electrons. The number of carboxylic acids is 1. The lowest BCUT2D eigenvalue weighted by molar-refractivity contribution is -0.118. The van der Waals surface area contributed by atoms with Crippen LogP contribution in [0, 0.1) is 5.82 Å². The first-order valence-electron chi connectivity index (χ1n) is 9.97. The lowest BCUT2D eigenvalue weighted by Crippen LogP contribution is -2.30. The van der Waals surface area contributed by atoms with E-state index >= 15 is 0 Å². The fourth-order valence-corrected chi connectivity index (χ4v) is 3.32. The van der Waals surface area contributed by atoms with Gasteiger partial charge < -0.3 is 10.0 Å². The van der Waals surface area contributed by atoms with Gasteiger partial charge in [-0.1, -0.05) is 61.9 Å². The minimum absolute atomic E-state index is 0.0530. The lowest BCUT2D eigenvalue weighted by Gasteiger charge is -2.23. The normalized spacial score (nSPS) is 10.6. The fraction of sp³-hybridized carbons (Fsp3) is 0.200. The zero-order chi connectivity index (χ0) is 21.5. The number of halogens is 1. The van der Waals surface area contributed by atoms with Crippen LogP contribution in [0.3, 0.4) is 0 Å². The van der Waals surface area contributed by atoms with Crippen molar-refractivity contribution in [3.8, 4) is 11.1 Å². The van der Waals surface area contributed by atoms with Gasteiger partial charge in [-0.25, -0.2) is 9.18 Å². The van der Waals surface area contributed by atoms with Crippen LogP contribution in [0.15, 0.2) is 72.8 Å². The highest BCUT2D eigenvalue weighted by molar-refractivity contribution is 5.96. The van der Waals surface area contributed by atoms with Gasteiger partial charge in [-0.2, -0.15) is 0 Å². The van der Waals surface area contributed by atoms with Crippen LogP contribution in [0.25, 0.3) is 11.1 Å². The molecular formula is C25H24FNO3. The number of benzene rings is 3. The Bertz CT molecular complexity index is 1030. The molecule has 0 atom stereocenters. The van der Waals surface area contributed by atoms with Gasteiger partial charge in [0.05, 0.1) is 12.1 Å². The monoisotopic (exact) mass is 405 g/mol. The highest BCUT2D eigenvalue weighted by atomic mass is 19.1. The van der Waals surface area contributed by atoms with Crippen molar-refractivity contribution in [1.82, 2.24) is 0 Å². The van der Waals surface area contributed by atoms with Crippen molar-refractivity contribution in [2.75, 3.05) is 4.90 Å². The number of carbonyl (C=O) groups excluding carboxylic acids is 1. The molecule has 4 nitrogen and oxygen atoms in total. The Balaban J connectivity index is 1.87. The van der Waals surface area contributed by atoms with Gasteiger partial charge in [-0.05, 0) is 47.4 Å². The number of anilines is 1. The number of rotatable bonds is 8. The molecule has 0 saturated carbocycles. The Hall–Kier alpha value is -3.47. The van der Waals surface area contributed by atoms with Crippen LogP contribution in [0.5, 0.6) is 0 Å². The van der Waals surface area contributed by atoms with Crippen LogP contribution >= 0.6 is 0 Å². The maximum absolute atomic E-state index is 13.7. The van der Waals surface area contributed by atoms with Crippen molar-refractivity contribution in [3.63, 3.8) is 0 Å². The highest BCUT2D eigenvalue weighted by Crippen LogP contribution is 2.26. The average molecular weight is 405 g/mol. The van der Waals surface area contributed by atoms with E-state index in [1.165, 1.54) is 12.1 Å². The molecule has 0 bridgehead atoms. The number of nitrogens with zero attached hydrogens (tertiary/aromatic N) is 1. The minimum Gasteiger partial charge on any atom is -0.478 e. The van der Waals surface area contributed by atoms with E-state index in [0.29, 0.717) is 24.2 Å². The van der Waals surface area contributed by atoms with Gasteiger partial charge in [-0.3, -0.25) is 4.79 Å². The van der Waals surface area contributed by atoms with Crippen LogP contribution in [0.4, 0.5) is 10.1 Å². The summed E-state index contributed by atoms with van der Waals surface area (Å²) in [5.74, 6) is -1.42. The molecule has 0 unspecified atom stereocenters. The van der Waals surface area contributed by atoms with Crippen molar-refractivity contribution >= 4 is 17.6 Å². The van der Waals surface area contributed by atoms with Gasteiger partial charge in [0.25, 0.3) is 0 Å². The second-order valence-corrected chi connectivity index (χ2v) is 7.11. The van der Waals surface area contributed by atoms with E-state index in [0.717, 1.165) is 24.0 Å². The number of carboxylic acid groups (broad SMARTS) is 1. The number of amides is 1. The zero-order valence-electron chi connectivity index (χ0n) is 16.8. The van der Waals surface area contributed by atoms with Crippen LogP contribution in [-0.4, -0.2) is 17.0 Å². The van der Waals surface area contributed by atoms with E-state index in [9.17, 15) is 19.1 Å². The van der Waals surface area contributed by atoms with Crippen molar-refractivity contribution in [3.05, 3.63) is 89.7 Å². The average Bonchev–Trinajstić information content (AvgIpc) is 2.76. The Morgan fingerprint density at radius 1 is 0.967 bits per heavy atom. The molecule has 0 aromatic heterocycles. The Morgan fingerprint density at radius 3 is 2.37 bits per heavy atom. The fourth-order valence-electron chi connectivity index (χ4n) is 3.32. The summed E-state index contributed by atoms with van der Waals surface area (Å²) in [7, 11) is 0. The molecule has 3 aromatic carbocycles. The van der Waals surface area contributed by atoms with E-state index in [1.807, 2.05) is 31.2 Å². The van der Waals surface area contributed by atoms with Gasteiger partial charge in [0, 0.05) is 12.1 Å². The summed E-state index contributed by atoms with van der Waals surface area (Å²) < 4.78 is 13.7. The predicted octanol–water partition coefficient (Wildman–Crippen LogP) is 5.91. The number of hydrogen-bond donors (Lipinski definition) is 1. The number of aromatic carboxylic acids is 1. The first-order chi connectivity index (χ1) is 14.5. The van der Waals surface area contributed by atoms with Crippen LogP contribution in [0.1, 0.15) is 42.1 Å². The van der Waals surface area contributed by atoms with Crippen molar-refractivity contribution < 1.29 is 19.1 Å². The third-order valence-corrected chi connectivity index (χ3v) is 4.93. The van der Waals surface area contributed by atoms with Gasteiger partial charge in [0.15, 0.2) is 0 Å². The quantitative estimate of drug-likeness (QED) is 0.506. The van der Waals surface area contributed by atoms with E-state index < -0.39 is 5.97 Å². The van der Waals surface area contributed by atoms with E-state index in [1.54, 1.807) is 41.3 Å². The summed E-state index contributed by atoms with van der Waals surface area (Å²) >= 11 is 0. The van der Waals surface area contributed by atoms with Gasteiger partial charge >= 0.3 is 5.97 Å². The Labute approximate surface area is 175 Å². The van der Waals surface area contributed by atoms with E-state index in [-0.39, 0.29) is 17.3 Å². The molecule has 1 amide bonds. The standard InChI is InChI=1S/C25H24FNO3/c1-2-3-11-24(28)27(21-8-6-7-20(26)16-21)17-18-12-14-19(15-13-18)22-9-4-5-10-23(22)25(29)30/h4-10,12-16H,2-3,11,17H2,1H3,(H,29,30). The Kier molecular flexibility index (Phi) is 6.96. The molecule has 0 spiro atoms. The van der Waals surface area contributed by atoms with Crippen LogP contribution in [-0.2, 0) is 11.3 Å². The van der Waals surface area contributed by atoms with Crippen molar-refractivity contribution in [1.29, 1.82) is 0 Å². The lowest BCUT2D eigenvalue weighted by atomic mass is 9.98. The topological polar surface area (TPSA) is 57.6 Å². The smallest absolute Gasteiger partial charge is 0.336 e. The number of hydrogen-bond acceptors (Lipinski definition) is 2. The molecule has 0 aliphatic heterocycles. The molecule has 0 saturated heterocycles. The summed E-state index contributed by atoms with van der Waals surface area (Å²) in [5.41, 5.74) is 3.06. The summed E-state index contributed by atoms with van der Waals surface area (Å²) in [6.45, 7) is 2.33. The van der Waals surface area contributed by atoms with Gasteiger partial charge in [0.2, 0.25) is 5.91 Å². The molecule has 3 rings (SSSR count). The van der Waals surface area contributed by atoms with E-state index in [2.05, 4.69) is 0 Å². The second kappa shape index (κ2) is 9.83. The molecular weight excluding hydrogens is 381 g/mol. The van der Waals surface area contributed by atoms with Gasteiger partial charge in [0.1, 0.15) is 5.82 Å². The van der Waals surface area contributed by atoms with Crippen molar-refractivity contribution in [2.45, 2.75) is 32.7 Å². The molecule has 154 valence electrons. The zero-order valence-corrected chi connectivity index (χ0v) is 16.8. The number of unbranched alkanes of at least 4 members (excludes halogenated alkanes) is 1. The molecule has 1 N–H and O–H groups in total. The molecule has 30 heavy (non-hydrogen) atoms. The maximum atomic E-state index is 13.7. The minimum atomic E-state index is -0.978. The van der Waals surface area contributed by atoms with E-state index in [4.69, 9.17) is 0 Å². The predicted molar refractivity (Wildman–Crippen MR) is 116 cm³/mol. The maximum Gasteiger partial charge on any atom is 0.336 e. The molecule has 0 fully saturated rings. The first kappa shape index (κ1) is 21.2. The summed E-state index contributed by atoms with van der Waals surface area (Å²) in [6.07, 6.45) is 2.08. The Morgan fingerprint density at radius 2 is 1.70 bits per heavy atom. The van der Waals surface area contributed by atoms with Gasteiger partial charge in [-0.15, -0.1) is 0 Å². The molecule has 0 heterocycles. The van der Waals surface area contributed by atoms with Crippen molar-refractivity contribution in [2.24, 2.45) is 0 Å². The SMILES string of the molecule is CCCCC(=O)N(Cc1ccc(-c2ccccc2C(=O)O)cc1)c1cccc(F)c1. The summed E-state index contributed by atoms with van der Waals surface area (Å²) in [6, 6.07) is 20.3. The third kappa shape index (κ3) is 5.11. The molecule has 3 aromatic rings. The summed E-state index contributed by atoms with van der Waals surface area (Å²) in [4.78, 5) is 25.8. The number of carbonyl (C=O) groups is 2. The third-order valence-electron chi connectivity index (χ3n) is 4.93. The molecule has 0 aliphatic rings. The summed E-state index contributed by atoms with van der Waals surface area (Å²) in [5, 5.41) is 9.41. The molecule has 5 heteroatoms. The second-order valence-electron chi connectivity index (χ2n) is 7.11. The molecule has 0 aliphatic carbocycles. The van der Waals surface area contributed by atoms with Crippen LogP contribution in [0.2, 0.25) is 0 Å².